The Bertz CT molecular complexity index is 1110. The van der Waals surface area contributed by atoms with Gasteiger partial charge in [0.1, 0.15) is 18.1 Å². The fourth-order valence-corrected chi connectivity index (χ4v) is 4.68. The van der Waals surface area contributed by atoms with Crippen LogP contribution in [0.2, 0.25) is 0 Å². The number of rotatable bonds is 6. The molecular weight excluding hydrogens is 445 g/mol. The molecule has 0 spiro atoms. The molecule has 3 amide bonds. The second kappa shape index (κ2) is 10.1. The summed E-state index contributed by atoms with van der Waals surface area (Å²) < 4.78 is 18.8. The number of ether oxygens (including phenoxy) is 1. The van der Waals surface area contributed by atoms with Crippen molar-refractivity contribution < 1.29 is 23.5 Å². The van der Waals surface area contributed by atoms with Gasteiger partial charge in [0.2, 0.25) is 5.91 Å². The number of thioether (sulfide) groups is 1. The summed E-state index contributed by atoms with van der Waals surface area (Å²) >= 11 is 0.771. The molecule has 0 radical (unpaired) electrons. The van der Waals surface area contributed by atoms with Crippen LogP contribution in [-0.2, 0) is 9.59 Å². The van der Waals surface area contributed by atoms with Crippen molar-refractivity contribution in [2.24, 2.45) is 0 Å². The van der Waals surface area contributed by atoms with Crippen LogP contribution in [0.1, 0.15) is 24.8 Å². The number of halogens is 1. The highest BCUT2D eigenvalue weighted by Crippen LogP contribution is 2.35. The van der Waals surface area contributed by atoms with Crippen molar-refractivity contribution >= 4 is 46.3 Å². The first-order chi connectivity index (χ1) is 15.9. The van der Waals surface area contributed by atoms with Crippen LogP contribution in [0.5, 0.6) is 5.75 Å². The molecule has 0 aromatic heterocycles. The van der Waals surface area contributed by atoms with Crippen LogP contribution >= 0.6 is 11.8 Å². The third-order valence-electron chi connectivity index (χ3n) is 5.51. The maximum Gasteiger partial charge on any atom is 0.294 e. The number of carbonyl (C=O) groups excluding carboxylic acids is 3. The van der Waals surface area contributed by atoms with Crippen LogP contribution in [0.3, 0.4) is 0 Å². The van der Waals surface area contributed by atoms with Crippen molar-refractivity contribution in [3.8, 4) is 5.75 Å². The molecule has 0 aliphatic carbocycles. The highest BCUT2D eigenvalue weighted by molar-refractivity contribution is 8.18. The van der Waals surface area contributed by atoms with Crippen LogP contribution in [-0.4, -0.2) is 48.7 Å². The number of anilines is 2. The molecule has 2 fully saturated rings. The molecule has 9 heteroatoms. The predicted molar refractivity (Wildman–Crippen MR) is 127 cm³/mol. The van der Waals surface area contributed by atoms with Crippen molar-refractivity contribution in [2.45, 2.75) is 19.3 Å². The Kier molecular flexibility index (Phi) is 6.98. The SMILES string of the molecule is COc1cc(N2CCCCC2)ccc1/C=C1/SC(=O)N(CC(=O)Nc2cccc(F)c2)C1=O. The Balaban J connectivity index is 1.47. The van der Waals surface area contributed by atoms with Crippen LogP contribution in [0, 0.1) is 5.82 Å². The number of imide groups is 1. The summed E-state index contributed by atoms with van der Waals surface area (Å²) in [6.07, 6.45) is 5.16. The van der Waals surface area contributed by atoms with Gasteiger partial charge in [-0.15, -0.1) is 0 Å². The van der Waals surface area contributed by atoms with E-state index in [-0.39, 0.29) is 10.6 Å². The number of benzene rings is 2. The molecular formula is C24H24FN3O4S. The van der Waals surface area contributed by atoms with E-state index in [1.54, 1.807) is 13.2 Å². The summed E-state index contributed by atoms with van der Waals surface area (Å²) in [4.78, 5) is 40.9. The fourth-order valence-electron chi connectivity index (χ4n) is 3.86. The monoisotopic (exact) mass is 469 g/mol. The van der Waals surface area contributed by atoms with Crippen LogP contribution < -0.4 is 15.0 Å². The second-order valence-electron chi connectivity index (χ2n) is 7.80. The Labute approximate surface area is 195 Å². The standard InChI is InChI=1S/C24H24FN3O4S/c1-32-20-14-19(27-10-3-2-4-11-27)9-8-16(20)12-21-23(30)28(24(31)33-21)15-22(29)26-18-7-5-6-17(25)13-18/h5-9,12-14H,2-4,10-11,15H2,1H3,(H,26,29)/b21-12+. The van der Waals surface area contributed by atoms with Gasteiger partial charge in [0.05, 0.1) is 12.0 Å². The third kappa shape index (κ3) is 5.36. The molecule has 2 saturated heterocycles. The number of nitrogens with one attached hydrogen (secondary N) is 1. The molecule has 2 aliphatic heterocycles. The number of amides is 3. The lowest BCUT2D eigenvalue weighted by Gasteiger charge is -2.29. The van der Waals surface area contributed by atoms with Gasteiger partial charge in [0.25, 0.3) is 11.1 Å². The number of methoxy groups -OCH3 is 1. The van der Waals surface area contributed by atoms with Gasteiger partial charge in [0.15, 0.2) is 0 Å². The largest absolute Gasteiger partial charge is 0.496 e. The van der Waals surface area contributed by atoms with Crippen molar-refractivity contribution in [2.75, 3.05) is 37.0 Å². The van der Waals surface area contributed by atoms with E-state index in [0.717, 1.165) is 54.3 Å². The molecule has 33 heavy (non-hydrogen) atoms. The van der Waals surface area contributed by atoms with E-state index < -0.39 is 29.4 Å². The molecule has 0 bridgehead atoms. The first-order valence-corrected chi connectivity index (χ1v) is 11.5. The van der Waals surface area contributed by atoms with E-state index in [9.17, 15) is 18.8 Å². The van der Waals surface area contributed by atoms with Gasteiger partial charge in [-0.05, 0) is 67.4 Å². The normalized spacial score (nSPS) is 17.6. The first kappa shape index (κ1) is 22.8. The van der Waals surface area contributed by atoms with Gasteiger partial charge < -0.3 is 15.0 Å². The minimum absolute atomic E-state index is 0.211. The molecule has 172 valence electrons. The summed E-state index contributed by atoms with van der Waals surface area (Å²) in [6, 6.07) is 11.2. The number of carbonyl (C=O) groups is 3. The average Bonchev–Trinajstić information content (AvgIpc) is 3.07. The van der Waals surface area contributed by atoms with E-state index in [1.807, 2.05) is 18.2 Å². The maximum absolute atomic E-state index is 13.3. The van der Waals surface area contributed by atoms with Gasteiger partial charge in [-0.3, -0.25) is 19.3 Å². The molecule has 7 nitrogen and oxygen atoms in total. The molecule has 2 aliphatic rings. The lowest BCUT2D eigenvalue weighted by atomic mass is 10.1. The zero-order valence-electron chi connectivity index (χ0n) is 18.2. The average molecular weight is 470 g/mol. The summed E-state index contributed by atoms with van der Waals surface area (Å²) in [6.45, 7) is 1.54. The number of hydrogen-bond donors (Lipinski definition) is 1. The van der Waals surface area contributed by atoms with Crippen LogP contribution in [0.25, 0.3) is 6.08 Å². The Morgan fingerprint density at radius 1 is 1.15 bits per heavy atom. The molecule has 2 aromatic carbocycles. The van der Waals surface area contributed by atoms with Crippen molar-refractivity contribution in [1.29, 1.82) is 0 Å². The van der Waals surface area contributed by atoms with Gasteiger partial charge in [-0.1, -0.05) is 6.07 Å². The Morgan fingerprint density at radius 3 is 2.67 bits per heavy atom. The highest BCUT2D eigenvalue weighted by atomic mass is 32.2. The fraction of sp³-hybridized carbons (Fsp3) is 0.292. The molecule has 0 atom stereocenters. The topological polar surface area (TPSA) is 79.0 Å². The summed E-state index contributed by atoms with van der Waals surface area (Å²) in [5.41, 5.74) is 1.99. The Morgan fingerprint density at radius 2 is 1.94 bits per heavy atom. The van der Waals surface area contributed by atoms with Crippen molar-refractivity contribution in [1.82, 2.24) is 4.90 Å². The highest BCUT2D eigenvalue weighted by Gasteiger charge is 2.36. The van der Waals surface area contributed by atoms with E-state index in [2.05, 4.69) is 10.2 Å². The smallest absolute Gasteiger partial charge is 0.294 e. The molecule has 0 unspecified atom stereocenters. The molecule has 4 rings (SSSR count). The van der Waals surface area contributed by atoms with E-state index in [4.69, 9.17) is 4.74 Å². The second-order valence-corrected chi connectivity index (χ2v) is 8.79. The predicted octanol–water partition coefficient (Wildman–Crippen LogP) is 4.50. The van der Waals surface area contributed by atoms with Crippen molar-refractivity contribution in [3.63, 3.8) is 0 Å². The van der Waals surface area contributed by atoms with E-state index in [1.165, 1.54) is 24.6 Å². The van der Waals surface area contributed by atoms with Gasteiger partial charge in [0, 0.05) is 36.1 Å². The van der Waals surface area contributed by atoms with Gasteiger partial charge in [-0.25, -0.2) is 4.39 Å². The van der Waals surface area contributed by atoms with E-state index >= 15 is 0 Å². The Hall–Kier alpha value is -3.33. The number of nitrogens with zero attached hydrogens (tertiary/aromatic N) is 2. The lowest BCUT2D eigenvalue weighted by molar-refractivity contribution is -0.127. The maximum atomic E-state index is 13.3. The minimum atomic E-state index is -0.590. The first-order valence-electron chi connectivity index (χ1n) is 10.7. The lowest BCUT2D eigenvalue weighted by Crippen LogP contribution is -2.36. The quantitative estimate of drug-likeness (QED) is 0.628. The summed E-state index contributed by atoms with van der Waals surface area (Å²) in [7, 11) is 1.56. The van der Waals surface area contributed by atoms with Crippen LogP contribution in [0.4, 0.5) is 20.6 Å². The van der Waals surface area contributed by atoms with E-state index in [0.29, 0.717) is 11.3 Å². The molecule has 2 aromatic rings. The zero-order valence-corrected chi connectivity index (χ0v) is 19.0. The van der Waals surface area contributed by atoms with Crippen molar-refractivity contribution in [3.05, 3.63) is 58.8 Å². The van der Waals surface area contributed by atoms with Gasteiger partial charge >= 0.3 is 0 Å². The van der Waals surface area contributed by atoms with Crippen LogP contribution in [0.15, 0.2) is 47.4 Å². The number of hydrogen-bond acceptors (Lipinski definition) is 6. The summed E-state index contributed by atoms with van der Waals surface area (Å²) in [5.74, 6) is -1.04. The van der Waals surface area contributed by atoms with Gasteiger partial charge in [-0.2, -0.15) is 0 Å². The molecule has 1 N–H and O–H groups in total. The minimum Gasteiger partial charge on any atom is -0.496 e. The zero-order chi connectivity index (χ0) is 23.4. The number of piperidine rings is 1. The third-order valence-corrected chi connectivity index (χ3v) is 6.42. The summed E-state index contributed by atoms with van der Waals surface area (Å²) in [5, 5.41) is 1.96. The molecule has 0 saturated carbocycles. The molecule has 2 heterocycles.